The average molecular weight is 258 g/mol. The zero-order valence-corrected chi connectivity index (χ0v) is 10.7. The van der Waals surface area contributed by atoms with E-state index in [1.807, 2.05) is 4.90 Å². The summed E-state index contributed by atoms with van der Waals surface area (Å²) in [6, 6.07) is 0.289. The zero-order valence-electron chi connectivity index (χ0n) is 9.93. The van der Waals surface area contributed by atoms with Gasteiger partial charge in [0.25, 0.3) is 0 Å². The highest BCUT2D eigenvalue weighted by atomic mass is 35.5. The Labute approximate surface area is 105 Å². The molecule has 5 nitrogen and oxygen atoms in total. The molecule has 1 aliphatic heterocycles. The number of nitrogens with zero attached hydrogens (tertiary/aromatic N) is 3. The number of aliphatic hydroxyl groups excluding tert-OH is 1. The van der Waals surface area contributed by atoms with E-state index in [4.69, 9.17) is 16.3 Å². The summed E-state index contributed by atoms with van der Waals surface area (Å²) >= 11 is 6.08. The second kappa shape index (κ2) is 5.06. The number of hydrogen-bond donors (Lipinski definition) is 1. The van der Waals surface area contributed by atoms with Gasteiger partial charge in [0.2, 0.25) is 0 Å². The molecule has 2 rings (SSSR count). The molecule has 2 heterocycles. The fraction of sp³-hybridized carbons (Fsp3) is 0.636. The van der Waals surface area contributed by atoms with Crippen molar-refractivity contribution in [2.75, 3.05) is 25.1 Å². The average Bonchev–Trinajstić information content (AvgIpc) is 2.28. The van der Waals surface area contributed by atoms with Gasteiger partial charge in [-0.3, -0.25) is 0 Å². The Morgan fingerprint density at radius 3 is 2.94 bits per heavy atom. The van der Waals surface area contributed by atoms with Crippen LogP contribution in [0.5, 0.6) is 6.01 Å². The molecular formula is C11H16ClN3O2. The molecule has 0 amide bonds. The third-order valence-electron chi connectivity index (χ3n) is 2.82. The van der Waals surface area contributed by atoms with Crippen LogP contribution >= 0.6 is 11.6 Å². The molecule has 1 aromatic heterocycles. The van der Waals surface area contributed by atoms with Crippen LogP contribution in [0.3, 0.4) is 0 Å². The molecule has 1 saturated heterocycles. The van der Waals surface area contributed by atoms with E-state index in [2.05, 4.69) is 16.9 Å². The number of hydrogen-bond acceptors (Lipinski definition) is 5. The smallest absolute Gasteiger partial charge is 0.318 e. The second-order valence-corrected chi connectivity index (χ2v) is 4.84. The molecule has 1 aromatic rings. The van der Waals surface area contributed by atoms with Gasteiger partial charge in [-0.15, -0.1) is 0 Å². The van der Waals surface area contributed by atoms with Crippen LogP contribution in [0.1, 0.15) is 13.3 Å². The molecule has 1 fully saturated rings. The van der Waals surface area contributed by atoms with E-state index >= 15 is 0 Å². The van der Waals surface area contributed by atoms with Gasteiger partial charge in [0.1, 0.15) is 5.02 Å². The predicted molar refractivity (Wildman–Crippen MR) is 65.6 cm³/mol. The molecule has 1 N–H and O–H groups in total. The van der Waals surface area contributed by atoms with Crippen molar-refractivity contribution in [2.24, 2.45) is 5.92 Å². The summed E-state index contributed by atoms with van der Waals surface area (Å²) in [6.45, 7) is 3.48. The largest absolute Gasteiger partial charge is 0.467 e. The van der Waals surface area contributed by atoms with Crippen molar-refractivity contribution in [1.82, 2.24) is 9.97 Å². The molecule has 0 radical (unpaired) electrons. The highest BCUT2D eigenvalue weighted by Gasteiger charge is 2.25. The van der Waals surface area contributed by atoms with Gasteiger partial charge in [0.05, 0.1) is 19.4 Å². The number of methoxy groups -OCH3 is 1. The highest BCUT2D eigenvalue weighted by molar-refractivity contribution is 6.32. The molecule has 0 aliphatic carbocycles. The first kappa shape index (κ1) is 12.4. The minimum Gasteiger partial charge on any atom is -0.467 e. The third kappa shape index (κ3) is 2.79. The molecule has 2 unspecified atom stereocenters. The minimum absolute atomic E-state index is 0.289. The maximum atomic E-state index is 9.77. The predicted octanol–water partition coefficient (Wildman–Crippen LogP) is 1.35. The summed E-state index contributed by atoms with van der Waals surface area (Å²) < 4.78 is 4.98. The molecule has 94 valence electrons. The Kier molecular flexibility index (Phi) is 3.69. The van der Waals surface area contributed by atoms with Crippen molar-refractivity contribution in [3.05, 3.63) is 11.2 Å². The number of β-amino-alcohol motifs (C(OH)–C–C–N with tert-alkyl or cyclic N) is 1. The fourth-order valence-corrected chi connectivity index (χ4v) is 2.36. The number of halogens is 1. The van der Waals surface area contributed by atoms with Gasteiger partial charge in [-0.05, 0) is 12.3 Å². The number of anilines is 1. The van der Waals surface area contributed by atoms with Crippen molar-refractivity contribution in [3.63, 3.8) is 0 Å². The maximum absolute atomic E-state index is 9.77. The van der Waals surface area contributed by atoms with E-state index in [0.29, 0.717) is 23.3 Å². The fourth-order valence-electron chi connectivity index (χ4n) is 2.15. The lowest BCUT2D eigenvalue weighted by Crippen LogP contribution is -2.43. The molecule has 0 bridgehead atoms. The van der Waals surface area contributed by atoms with Gasteiger partial charge in [-0.2, -0.15) is 4.98 Å². The van der Waals surface area contributed by atoms with Crippen LogP contribution in [0, 0.1) is 5.92 Å². The highest BCUT2D eigenvalue weighted by Crippen LogP contribution is 2.28. The van der Waals surface area contributed by atoms with Crippen molar-refractivity contribution >= 4 is 17.4 Å². The molecule has 0 saturated carbocycles. The molecule has 17 heavy (non-hydrogen) atoms. The van der Waals surface area contributed by atoms with Gasteiger partial charge in [-0.25, -0.2) is 4.98 Å². The van der Waals surface area contributed by atoms with E-state index in [0.717, 1.165) is 13.0 Å². The Hall–Kier alpha value is -1.07. The number of aromatic nitrogens is 2. The van der Waals surface area contributed by atoms with Crippen molar-refractivity contribution in [1.29, 1.82) is 0 Å². The van der Waals surface area contributed by atoms with Gasteiger partial charge < -0.3 is 14.7 Å². The lowest BCUT2D eigenvalue weighted by atomic mass is 9.98. The van der Waals surface area contributed by atoms with Crippen molar-refractivity contribution in [2.45, 2.75) is 19.4 Å². The van der Waals surface area contributed by atoms with E-state index < -0.39 is 0 Å². The first-order chi connectivity index (χ1) is 8.10. The third-order valence-corrected chi connectivity index (χ3v) is 3.09. The topological polar surface area (TPSA) is 58.5 Å². The lowest BCUT2D eigenvalue weighted by molar-refractivity contribution is 0.132. The summed E-state index contributed by atoms with van der Waals surface area (Å²) in [6.07, 6.45) is 2.00. The summed E-state index contributed by atoms with van der Waals surface area (Å²) in [5.41, 5.74) is 0. The van der Waals surface area contributed by atoms with Gasteiger partial charge in [0, 0.05) is 13.1 Å². The number of rotatable bonds is 2. The van der Waals surface area contributed by atoms with Crippen molar-refractivity contribution < 1.29 is 9.84 Å². The normalized spacial score (nSPS) is 24.8. The first-order valence-electron chi connectivity index (χ1n) is 5.59. The van der Waals surface area contributed by atoms with Crippen LogP contribution in [0.2, 0.25) is 5.02 Å². The summed E-state index contributed by atoms with van der Waals surface area (Å²) in [5, 5.41) is 10.2. The van der Waals surface area contributed by atoms with E-state index in [1.165, 1.54) is 13.3 Å². The first-order valence-corrected chi connectivity index (χ1v) is 5.97. The molecule has 6 heteroatoms. The molecular weight excluding hydrogens is 242 g/mol. The van der Waals surface area contributed by atoms with Crippen LogP contribution in [-0.2, 0) is 0 Å². The van der Waals surface area contributed by atoms with E-state index in [9.17, 15) is 5.11 Å². The minimum atomic E-state index is -0.337. The van der Waals surface area contributed by atoms with Crippen LogP contribution in [-0.4, -0.2) is 41.4 Å². The quantitative estimate of drug-likeness (QED) is 0.867. The van der Waals surface area contributed by atoms with Crippen LogP contribution < -0.4 is 9.64 Å². The number of ether oxygens (including phenoxy) is 1. The molecule has 1 aliphatic rings. The maximum Gasteiger partial charge on any atom is 0.318 e. The monoisotopic (exact) mass is 257 g/mol. The van der Waals surface area contributed by atoms with Crippen LogP contribution in [0.4, 0.5) is 5.82 Å². The molecule has 0 spiro atoms. The number of piperidine rings is 1. The zero-order chi connectivity index (χ0) is 12.4. The lowest BCUT2D eigenvalue weighted by Gasteiger charge is -2.35. The van der Waals surface area contributed by atoms with Crippen LogP contribution in [0.25, 0.3) is 0 Å². The summed E-state index contributed by atoms with van der Waals surface area (Å²) in [5.74, 6) is 1.04. The Balaban J connectivity index is 2.26. The molecule has 0 aromatic carbocycles. The summed E-state index contributed by atoms with van der Waals surface area (Å²) in [7, 11) is 1.51. The Morgan fingerprint density at radius 1 is 1.53 bits per heavy atom. The SMILES string of the molecule is COc1ncc(Cl)c(N2CC(C)CC(O)C2)n1. The van der Waals surface area contributed by atoms with Crippen molar-refractivity contribution in [3.8, 4) is 6.01 Å². The van der Waals surface area contributed by atoms with Gasteiger partial charge >= 0.3 is 6.01 Å². The molecule has 2 atom stereocenters. The van der Waals surface area contributed by atoms with E-state index in [-0.39, 0.29) is 12.1 Å². The number of aliphatic hydroxyl groups is 1. The second-order valence-electron chi connectivity index (χ2n) is 4.43. The standard InChI is InChI=1S/C11H16ClN3O2/c1-7-3-8(16)6-15(5-7)10-9(12)4-13-11(14-10)17-2/h4,7-8,16H,3,5-6H2,1-2H3. The Morgan fingerprint density at radius 2 is 2.29 bits per heavy atom. The summed E-state index contributed by atoms with van der Waals surface area (Å²) in [4.78, 5) is 10.1. The van der Waals surface area contributed by atoms with Gasteiger partial charge in [0.15, 0.2) is 5.82 Å². The van der Waals surface area contributed by atoms with E-state index in [1.54, 1.807) is 0 Å². The Bertz CT molecular complexity index is 392. The van der Waals surface area contributed by atoms with Crippen LogP contribution in [0.15, 0.2) is 6.20 Å². The van der Waals surface area contributed by atoms with Gasteiger partial charge in [-0.1, -0.05) is 18.5 Å².